The van der Waals surface area contributed by atoms with Crippen LogP contribution < -0.4 is 5.32 Å². The van der Waals surface area contributed by atoms with Crippen molar-refractivity contribution >= 4 is 22.6 Å². The molecule has 0 aliphatic heterocycles. The van der Waals surface area contributed by atoms with Gasteiger partial charge in [0.05, 0.1) is 7.11 Å². The number of rotatable bonds is 4. The maximum Gasteiger partial charge on any atom is 0.328 e. The number of hydrogen-bond acceptors (Lipinski definition) is 3. The highest BCUT2D eigenvalue weighted by molar-refractivity contribution is 6.00. The number of methoxy groups -OCH3 is 1. The second kappa shape index (κ2) is 7.47. The number of carbonyl (C=O) groups is 2. The Kier molecular flexibility index (Phi) is 5.14. The van der Waals surface area contributed by atoms with Crippen LogP contribution in [0.4, 0.5) is 0 Å². The molecule has 0 spiro atoms. The van der Waals surface area contributed by atoms with Crippen molar-refractivity contribution in [3.63, 3.8) is 0 Å². The molecule has 4 heteroatoms. The van der Waals surface area contributed by atoms with Gasteiger partial charge in [-0.2, -0.15) is 0 Å². The highest BCUT2D eigenvalue weighted by atomic mass is 16.5. The molecule has 2 aromatic rings. The van der Waals surface area contributed by atoms with E-state index in [9.17, 15) is 9.59 Å². The molecule has 1 atom stereocenters. The van der Waals surface area contributed by atoms with Crippen molar-refractivity contribution in [1.29, 1.82) is 0 Å². The van der Waals surface area contributed by atoms with Crippen LogP contribution in [-0.4, -0.2) is 25.0 Å². The Morgan fingerprint density at radius 2 is 1.75 bits per heavy atom. The van der Waals surface area contributed by atoms with Crippen LogP contribution in [0.15, 0.2) is 42.5 Å². The van der Waals surface area contributed by atoms with Gasteiger partial charge in [-0.25, -0.2) is 4.79 Å². The zero-order valence-electron chi connectivity index (χ0n) is 14.0. The van der Waals surface area contributed by atoms with Gasteiger partial charge in [-0.1, -0.05) is 49.6 Å². The third-order valence-corrected chi connectivity index (χ3v) is 4.87. The fraction of sp³-hybridized carbons (Fsp3) is 0.400. The molecule has 1 fully saturated rings. The van der Waals surface area contributed by atoms with Gasteiger partial charge in [-0.05, 0) is 41.7 Å². The molecule has 0 radical (unpaired) electrons. The number of ether oxygens (including phenoxy) is 1. The van der Waals surface area contributed by atoms with Crippen molar-refractivity contribution in [3.05, 3.63) is 48.0 Å². The molecule has 2 aromatic carbocycles. The highest BCUT2D eigenvalue weighted by Crippen LogP contribution is 2.27. The van der Waals surface area contributed by atoms with Crippen LogP contribution in [0.1, 0.15) is 42.5 Å². The van der Waals surface area contributed by atoms with Crippen molar-refractivity contribution in [3.8, 4) is 0 Å². The predicted octanol–water partition coefficient (Wildman–Crippen LogP) is 3.69. The van der Waals surface area contributed by atoms with Crippen LogP contribution in [0.5, 0.6) is 0 Å². The van der Waals surface area contributed by atoms with Crippen molar-refractivity contribution in [2.75, 3.05) is 7.11 Å². The van der Waals surface area contributed by atoms with Gasteiger partial charge in [0.15, 0.2) is 0 Å². The maximum atomic E-state index is 12.6. The van der Waals surface area contributed by atoms with Crippen LogP contribution >= 0.6 is 0 Å². The summed E-state index contributed by atoms with van der Waals surface area (Å²) in [4.78, 5) is 24.8. The van der Waals surface area contributed by atoms with Gasteiger partial charge in [0.25, 0.3) is 5.91 Å². The molecule has 0 heterocycles. The molecule has 1 saturated carbocycles. The van der Waals surface area contributed by atoms with Gasteiger partial charge in [0, 0.05) is 5.56 Å². The van der Waals surface area contributed by atoms with Crippen LogP contribution in [0.2, 0.25) is 0 Å². The normalized spacial score (nSPS) is 16.5. The smallest absolute Gasteiger partial charge is 0.328 e. The number of fused-ring (bicyclic) bond motifs is 1. The zero-order chi connectivity index (χ0) is 16.9. The van der Waals surface area contributed by atoms with E-state index in [0.29, 0.717) is 5.56 Å². The fourth-order valence-corrected chi connectivity index (χ4v) is 3.52. The van der Waals surface area contributed by atoms with E-state index in [2.05, 4.69) is 5.32 Å². The third kappa shape index (κ3) is 3.58. The van der Waals surface area contributed by atoms with E-state index in [1.54, 1.807) is 6.07 Å². The zero-order valence-corrected chi connectivity index (χ0v) is 14.0. The Bertz CT molecular complexity index is 734. The number of amides is 1. The SMILES string of the molecule is COC(=O)[C@H](NC(=O)c1ccc2ccccc2c1)C1CCCCC1. The van der Waals surface area contributed by atoms with Gasteiger partial charge in [-0.3, -0.25) is 4.79 Å². The van der Waals surface area contributed by atoms with Crippen LogP contribution in [0, 0.1) is 5.92 Å². The predicted molar refractivity (Wildman–Crippen MR) is 93.8 cm³/mol. The van der Waals surface area contributed by atoms with E-state index in [1.807, 2.05) is 36.4 Å². The third-order valence-electron chi connectivity index (χ3n) is 4.87. The van der Waals surface area contributed by atoms with Crippen LogP contribution in [0.25, 0.3) is 10.8 Å². The molecule has 1 aliphatic carbocycles. The second-order valence-electron chi connectivity index (χ2n) is 6.43. The van der Waals surface area contributed by atoms with E-state index in [0.717, 1.165) is 36.5 Å². The molecule has 4 nitrogen and oxygen atoms in total. The summed E-state index contributed by atoms with van der Waals surface area (Å²) in [5.74, 6) is -0.409. The van der Waals surface area contributed by atoms with Crippen molar-refractivity contribution in [1.82, 2.24) is 5.32 Å². The lowest BCUT2D eigenvalue weighted by atomic mass is 9.83. The minimum absolute atomic E-state index is 0.163. The first-order valence-electron chi connectivity index (χ1n) is 8.56. The van der Waals surface area contributed by atoms with Crippen molar-refractivity contribution < 1.29 is 14.3 Å². The molecule has 3 rings (SSSR count). The first-order chi connectivity index (χ1) is 11.7. The minimum Gasteiger partial charge on any atom is -0.467 e. The monoisotopic (exact) mass is 325 g/mol. The largest absolute Gasteiger partial charge is 0.467 e. The summed E-state index contributed by atoms with van der Waals surface area (Å²) in [7, 11) is 1.38. The van der Waals surface area contributed by atoms with Gasteiger partial charge >= 0.3 is 5.97 Å². The van der Waals surface area contributed by atoms with E-state index in [4.69, 9.17) is 4.74 Å². The summed E-state index contributed by atoms with van der Waals surface area (Å²) < 4.78 is 4.92. The standard InChI is InChI=1S/C20H23NO3/c1-24-20(23)18(15-8-3-2-4-9-15)21-19(22)17-12-11-14-7-5-6-10-16(14)13-17/h5-7,10-13,15,18H,2-4,8-9H2,1H3,(H,21,22)/t18-/m1/s1. The molecular formula is C20H23NO3. The molecule has 0 unspecified atom stereocenters. The van der Waals surface area contributed by atoms with Gasteiger partial charge < -0.3 is 10.1 Å². The minimum atomic E-state index is -0.561. The summed E-state index contributed by atoms with van der Waals surface area (Å²) in [6, 6.07) is 12.9. The molecule has 0 aromatic heterocycles. The van der Waals surface area contributed by atoms with Gasteiger partial charge in [0.2, 0.25) is 0 Å². The summed E-state index contributed by atoms with van der Waals surface area (Å²) in [6.45, 7) is 0. The number of nitrogens with one attached hydrogen (secondary N) is 1. The van der Waals surface area contributed by atoms with E-state index in [-0.39, 0.29) is 17.8 Å². The first kappa shape index (κ1) is 16.5. The molecular weight excluding hydrogens is 302 g/mol. The van der Waals surface area contributed by atoms with E-state index >= 15 is 0 Å². The Hall–Kier alpha value is -2.36. The Morgan fingerprint density at radius 1 is 1.04 bits per heavy atom. The number of esters is 1. The number of benzene rings is 2. The quantitative estimate of drug-likeness (QED) is 0.872. The fourth-order valence-electron chi connectivity index (χ4n) is 3.52. The lowest BCUT2D eigenvalue weighted by Crippen LogP contribution is -2.47. The van der Waals surface area contributed by atoms with Crippen LogP contribution in [0.3, 0.4) is 0 Å². The number of carbonyl (C=O) groups excluding carboxylic acids is 2. The lowest BCUT2D eigenvalue weighted by Gasteiger charge is -2.29. The maximum absolute atomic E-state index is 12.6. The van der Waals surface area contributed by atoms with Gasteiger partial charge in [-0.15, -0.1) is 0 Å². The molecule has 0 saturated heterocycles. The topological polar surface area (TPSA) is 55.4 Å². The highest BCUT2D eigenvalue weighted by Gasteiger charge is 2.31. The molecule has 0 bridgehead atoms. The molecule has 1 amide bonds. The number of hydrogen-bond donors (Lipinski definition) is 1. The summed E-state index contributed by atoms with van der Waals surface area (Å²) in [5, 5.41) is 5.01. The molecule has 126 valence electrons. The lowest BCUT2D eigenvalue weighted by molar-refractivity contribution is -0.144. The summed E-state index contributed by atoms with van der Waals surface area (Å²) in [5.41, 5.74) is 0.568. The Balaban J connectivity index is 1.79. The first-order valence-corrected chi connectivity index (χ1v) is 8.56. The van der Waals surface area contributed by atoms with Gasteiger partial charge in [0.1, 0.15) is 6.04 Å². The average Bonchev–Trinajstić information content (AvgIpc) is 2.65. The average molecular weight is 325 g/mol. The molecule has 1 N–H and O–H groups in total. The Labute approximate surface area is 142 Å². The van der Waals surface area contributed by atoms with Crippen molar-refractivity contribution in [2.45, 2.75) is 38.1 Å². The summed E-state index contributed by atoms with van der Waals surface area (Å²) >= 11 is 0. The summed E-state index contributed by atoms with van der Waals surface area (Å²) in [6.07, 6.45) is 5.31. The molecule has 24 heavy (non-hydrogen) atoms. The second-order valence-corrected chi connectivity index (χ2v) is 6.43. The molecule has 1 aliphatic rings. The van der Waals surface area contributed by atoms with Crippen molar-refractivity contribution in [2.24, 2.45) is 5.92 Å². The van der Waals surface area contributed by atoms with E-state index < -0.39 is 6.04 Å². The van der Waals surface area contributed by atoms with E-state index in [1.165, 1.54) is 13.5 Å². The Morgan fingerprint density at radius 3 is 2.46 bits per heavy atom. The van der Waals surface area contributed by atoms with Crippen LogP contribution in [-0.2, 0) is 9.53 Å².